The molecule has 1 N–H and O–H groups in total. The average Bonchev–Trinajstić information content (AvgIpc) is 3.55. The summed E-state index contributed by atoms with van der Waals surface area (Å²) in [6.45, 7) is -0.412. The van der Waals surface area contributed by atoms with Crippen LogP contribution in [-0.2, 0) is 27.2 Å². The van der Waals surface area contributed by atoms with Crippen molar-refractivity contribution in [1.29, 1.82) is 0 Å². The van der Waals surface area contributed by atoms with E-state index in [9.17, 15) is 14.4 Å². The zero-order valence-corrected chi connectivity index (χ0v) is 18.5. The van der Waals surface area contributed by atoms with Crippen molar-refractivity contribution in [3.8, 4) is 11.5 Å². The molecule has 33 heavy (non-hydrogen) atoms. The highest BCUT2D eigenvalue weighted by Gasteiger charge is 2.44. The molecule has 0 unspecified atom stereocenters. The number of rotatable bonds is 7. The molecule has 1 amide bonds. The molecule has 7 nitrogen and oxygen atoms in total. The molecule has 5 rings (SSSR count). The molecule has 0 atom stereocenters. The van der Waals surface area contributed by atoms with Crippen LogP contribution in [0.4, 0.5) is 5.69 Å². The largest absolute Gasteiger partial charge is 0.456 e. The fourth-order valence-corrected chi connectivity index (χ4v) is 4.81. The van der Waals surface area contributed by atoms with Gasteiger partial charge in [-0.15, -0.1) is 0 Å². The van der Waals surface area contributed by atoms with Gasteiger partial charge in [-0.1, -0.05) is 12.1 Å². The Hall–Kier alpha value is -3.35. The predicted octanol–water partition coefficient (Wildman–Crippen LogP) is 4.36. The van der Waals surface area contributed by atoms with Gasteiger partial charge in [-0.2, -0.15) is 0 Å². The third-order valence-corrected chi connectivity index (χ3v) is 6.53. The maximum absolute atomic E-state index is 12.4. The summed E-state index contributed by atoms with van der Waals surface area (Å²) >= 11 is 0. The molecular formula is C26H27NO6. The Morgan fingerprint density at radius 2 is 1.67 bits per heavy atom. The van der Waals surface area contributed by atoms with Crippen LogP contribution in [0.25, 0.3) is 0 Å². The number of anilines is 1. The molecule has 2 aliphatic carbocycles. The van der Waals surface area contributed by atoms with Crippen molar-refractivity contribution >= 4 is 23.3 Å². The second-order valence-electron chi connectivity index (χ2n) is 8.95. The van der Waals surface area contributed by atoms with Crippen molar-refractivity contribution in [3.63, 3.8) is 0 Å². The number of Topliss-reactive ketones (excluding diaryl/α,β-unsaturated/α-hetero) is 1. The molecule has 1 saturated carbocycles. The number of ether oxygens (including phenoxy) is 3. The second kappa shape index (κ2) is 8.89. The summed E-state index contributed by atoms with van der Waals surface area (Å²) in [4.78, 5) is 36.6. The van der Waals surface area contributed by atoms with Crippen LogP contribution in [-0.4, -0.2) is 30.1 Å². The first-order chi connectivity index (χ1) is 16.0. The first-order valence-corrected chi connectivity index (χ1v) is 11.6. The van der Waals surface area contributed by atoms with E-state index >= 15 is 0 Å². The number of hydrogen-bond acceptors (Lipinski definition) is 6. The van der Waals surface area contributed by atoms with Gasteiger partial charge in [0.2, 0.25) is 0 Å². The minimum absolute atomic E-state index is 0.0587. The first kappa shape index (κ1) is 21.5. The molecule has 2 aromatic carbocycles. The molecule has 0 saturated heterocycles. The highest BCUT2D eigenvalue weighted by atomic mass is 16.7. The molecule has 0 bridgehead atoms. The molecule has 0 radical (unpaired) electrons. The van der Waals surface area contributed by atoms with Crippen molar-refractivity contribution < 1.29 is 28.6 Å². The van der Waals surface area contributed by atoms with Gasteiger partial charge in [-0.3, -0.25) is 14.4 Å². The summed E-state index contributed by atoms with van der Waals surface area (Å²) in [5, 5.41) is 2.70. The molecule has 7 heteroatoms. The standard InChI is InChI=1S/C26H27NO6/c28-21(19-7-6-17-4-3-5-18(17)14-19)9-11-25(30)31-16-24(29)27-20-8-10-22-23(15-20)33-26(32-22)12-1-2-13-26/h6-8,10,14-15H,1-5,9,11-13,16H2,(H,27,29). The van der Waals surface area contributed by atoms with Gasteiger partial charge in [0.25, 0.3) is 11.7 Å². The van der Waals surface area contributed by atoms with Gasteiger partial charge >= 0.3 is 5.97 Å². The Labute approximate surface area is 192 Å². The first-order valence-electron chi connectivity index (χ1n) is 11.6. The summed E-state index contributed by atoms with van der Waals surface area (Å²) in [7, 11) is 0. The molecule has 1 aliphatic heterocycles. The average molecular weight is 450 g/mol. The van der Waals surface area contributed by atoms with E-state index in [1.54, 1.807) is 18.2 Å². The number of carbonyl (C=O) groups excluding carboxylic acids is 3. The number of benzene rings is 2. The summed E-state index contributed by atoms with van der Waals surface area (Å²) in [5.41, 5.74) is 3.70. The summed E-state index contributed by atoms with van der Waals surface area (Å²) in [5.74, 6) is -0.397. The predicted molar refractivity (Wildman–Crippen MR) is 121 cm³/mol. The number of hydrogen-bond donors (Lipinski definition) is 1. The number of amides is 1. The molecule has 1 spiro atoms. The van der Waals surface area contributed by atoms with Crippen molar-refractivity contribution in [3.05, 3.63) is 53.1 Å². The Morgan fingerprint density at radius 1 is 0.879 bits per heavy atom. The molecule has 0 aromatic heterocycles. The Morgan fingerprint density at radius 3 is 2.52 bits per heavy atom. The van der Waals surface area contributed by atoms with Crippen LogP contribution < -0.4 is 14.8 Å². The van der Waals surface area contributed by atoms with Gasteiger partial charge in [0.15, 0.2) is 23.9 Å². The fourth-order valence-electron chi connectivity index (χ4n) is 4.81. The number of fused-ring (bicyclic) bond motifs is 2. The van der Waals surface area contributed by atoms with Gasteiger partial charge in [-0.05, 0) is 61.4 Å². The molecule has 172 valence electrons. The number of carbonyl (C=O) groups is 3. The van der Waals surface area contributed by atoms with Crippen molar-refractivity contribution in [1.82, 2.24) is 0 Å². The van der Waals surface area contributed by atoms with Crippen LogP contribution in [0.1, 0.15) is 66.4 Å². The van der Waals surface area contributed by atoms with E-state index in [2.05, 4.69) is 5.32 Å². The van der Waals surface area contributed by atoms with E-state index in [1.807, 2.05) is 18.2 Å². The third-order valence-electron chi connectivity index (χ3n) is 6.53. The maximum Gasteiger partial charge on any atom is 0.306 e. The quantitative estimate of drug-likeness (QED) is 0.499. The van der Waals surface area contributed by atoms with Crippen molar-refractivity contribution in [2.24, 2.45) is 0 Å². The SMILES string of the molecule is O=C(COC(=O)CCC(=O)c1ccc2c(c1)CCC2)Nc1ccc2c(c1)OC1(CCCC1)O2. The lowest BCUT2D eigenvalue weighted by Crippen LogP contribution is -2.34. The lowest BCUT2D eigenvalue weighted by Gasteiger charge is -2.21. The van der Waals surface area contributed by atoms with E-state index in [-0.39, 0.29) is 18.6 Å². The van der Waals surface area contributed by atoms with Crippen LogP contribution in [0, 0.1) is 0 Å². The summed E-state index contributed by atoms with van der Waals surface area (Å²) < 4.78 is 17.0. The zero-order valence-electron chi connectivity index (χ0n) is 18.5. The third kappa shape index (κ3) is 4.72. The van der Waals surface area contributed by atoms with E-state index in [0.29, 0.717) is 22.7 Å². The minimum Gasteiger partial charge on any atom is -0.456 e. The lowest BCUT2D eigenvalue weighted by molar-refractivity contribution is -0.147. The fraction of sp³-hybridized carbons (Fsp3) is 0.423. The van der Waals surface area contributed by atoms with E-state index in [4.69, 9.17) is 14.2 Å². The number of esters is 1. The maximum atomic E-state index is 12.4. The van der Waals surface area contributed by atoms with Gasteiger partial charge in [-0.25, -0.2) is 0 Å². The lowest BCUT2D eigenvalue weighted by atomic mass is 10.0. The van der Waals surface area contributed by atoms with Gasteiger partial charge in [0.05, 0.1) is 6.42 Å². The smallest absolute Gasteiger partial charge is 0.306 e. The van der Waals surface area contributed by atoms with Crippen LogP contribution in [0.2, 0.25) is 0 Å². The molecule has 2 aromatic rings. The van der Waals surface area contributed by atoms with Crippen molar-refractivity contribution in [2.75, 3.05) is 11.9 Å². The van der Waals surface area contributed by atoms with Gasteiger partial charge in [0.1, 0.15) is 0 Å². The number of ketones is 1. The normalized spacial score (nSPS) is 17.1. The van der Waals surface area contributed by atoms with Crippen LogP contribution in [0.15, 0.2) is 36.4 Å². The number of aryl methyl sites for hydroxylation is 2. The highest BCUT2D eigenvalue weighted by Crippen LogP contribution is 2.47. The van der Waals surface area contributed by atoms with E-state index < -0.39 is 24.3 Å². The van der Waals surface area contributed by atoms with Crippen molar-refractivity contribution in [2.45, 2.75) is 63.6 Å². The zero-order chi connectivity index (χ0) is 22.8. The second-order valence-corrected chi connectivity index (χ2v) is 8.95. The van der Waals surface area contributed by atoms with Crippen LogP contribution in [0.3, 0.4) is 0 Å². The molecule has 1 fully saturated rings. The minimum atomic E-state index is -0.575. The van der Waals surface area contributed by atoms with E-state index in [0.717, 1.165) is 44.9 Å². The topological polar surface area (TPSA) is 90.9 Å². The summed E-state index contributed by atoms with van der Waals surface area (Å²) in [6, 6.07) is 11.0. The molecular weight excluding hydrogens is 422 g/mol. The van der Waals surface area contributed by atoms with Gasteiger partial charge in [0, 0.05) is 36.6 Å². The highest BCUT2D eigenvalue weighted by molar-refractivity contribution is 5.98. The van der Waals surface area contributed by atoms with E-state index in [1.165, 1.54) is 11.1 Å². The Bertz CT molecular complexity index is 1100. The Balaban J connectivity index is 1.06. The number of nitrogens with one attached hydrogen (secondary N) is 1. The van der Waals surface area contributed by atoms with Crippen LogP contribution in [0.5, 0.6) is 11.5 Å². The van der Waals surface area contributed by atoms with Crippen LogP contribution >= 0.6 is 0 Å². The molecule has 3 aliphatic rings. The summed E-state index contributed by atoms with van der Waals surface area (Å²) in [6.07, 6.45) is 7.03. The molecule has 1 heterocycles. The Kier molecular flexibility index (Phi) is 5.79. The monoisotopic (exact) mass is 449 g/mol. The van der Waals surface area contributed by atoms with Gasteiger partial charge < -0.3 is 19.5 Å².